The topological polar surface area (TPSA) is 54.2 Å². The van der Waals surface area contributed by atoms with Crippen LogP contribution in [0.4, 0.5) is 5.69 Å². The van der Waals surface area contributed by atoms with Crippen molar-refractivity contribution in [1.82, 2.24) is 23.7 Å². The summed E-state index contributed by atoms with van der Waals surface area (Å²) in [5, 5.41) is 6.97. The second kappa shape index (κ2) is 14.8. The fourth-order valence-electron chi connectivity index (χ4n) is 12.6. The second-order valence-electron chi connectivity index (χ2n) is 19.2. The molecule has 5 aromatic heterocycles. The lowest BCUT2D eigenvalue weighted by Gasteiger charge is -2.39. The number of rotatable bonds is 4. The lowest BCUT2D eigenvalue weighted by atomic mass is 9.66. The Morgan fingerprint density at radius 3 is 1.58 bits per heavy atom. The van der Waals surface area contributed by atoms with Crippen LogP contribution in [0.25, 0.3) is 110 Å². The molecule has 14 aromatic rings. The third-order valence-corrected chi connectivity index (χ3v) is 15.6. The van der Waals surface area contributed by atoms with E-state index in [1.54, 1.807) is 0 Å². The molecule has 2 aliphatic rings. The van der Waals surface area contributed by atoms with Gasteiger partial charge in [0.25, 0.3) is 0 Å². The third-order valence-electron chi connectivity index (χ3n) is 15.6. The molecule has 6 heterocycles. The normalized spacial score (nSPS) is 14.5. The van der Waals surface area contributed by atoms with Gasteiger partial charge < -0.3 is 18.4 Å². The Bertz CT molecular complexity index is 4700. The number of pyridine rings is 2. The summed E-state index contributed by atoms with van der Waals surface area (Å²) < 4.78 is 14.1. The van der Waals surface area contributed by atoms with Gasteiger partial charge in [-0.15, -0.1) is 0 Å². The highest BCUT2D eigenvalue weighted by atomic mass is 16.5. The van der Waals surface area contributed by atoms with Crippen molar-refractivity contribution in [3.63, 3.8) is 0 Å². The maximum absolute atomic E-state index is 7.75. The Labute approximate surface area is 418 Å². The van der Waals surface area contributed by atoms with Crippen molar-refractivity contribution in [3.8, 4) is 51.1 Å². The lowest BCUT2D eigenvalue weighted by Crippen LogP contribution is -2.32. The predicted octanol–water partition coefficient (Wildman–Crippen LogP) is 16.5. The average molecular weight is 931 g/mol. The Hall–Kier alpha value is -10.0. The fourth-order valence-corrected chi connectivity index (χ4v) is 12.6. The largest absolute Gasteiger partial charge is 0.457 e. The van der Waals surface area contributed by atoms with Crippen LogP contribution < -0.4 is 4.74 Å². The summed E-state index contributed by atoms with van der Waals surface area (Å²) in [4.78, 5) is 14.2. The molecule has 7 nitrogen and oxygen atoms in total. The van der Waals surface area contributed by atoms with E-state index >= 15 is 0 Å². The zero-order valence-electron chi connectivity index (χ0n) is 39.0. The summed E-state index contributed by atoms with van der Waals surface area (Å²) in [5.74, 6) is 1.56. The van der Waals surface area contributed by atoms with Gasteiger partial charge in [-0.05, 0) is 108 Å². The molecule has 1 atom stereocenters. The van der Waals surface area contributed by atoms with Crippen LogP contribution in [-0.4, -0.2) is 23.7 Å². The molecule has 0 saturated heterocycles. The van der Waals surface area contributed by atoms with Gasteiger partial charge in [-0.2, -0.15) is 0 Å². The molecule has 9 aromatic carbocycles. The van der Waals surface area contributed by atoms with Gasteiger partial charge in [0.1, 0.15) is 11.5 Å². The smallest absolute Gasteiger partial charge is 0.188 e. The maximum atomic E-state index is 7.75. The molecule has 0 N–H and O–H groups in total. The zero-order chi connectivity index (χ0) is 47.9. The number of para-hydroxylation sites is 5. The Morgan fingerprint density at radius 1 is 0.370 bits per heavy atom. The van der Waals surface area contributed by atoms with Crippen LogP contribution >= 0.6 is 0 Å². The quantitative estimate of drug-likeness (QED) is 0.165. The van der Waals surface area contributed by atoms with Gasteiger partial charge in [-0.3, -0.25) is 9.97 Å². The van der Waals surface area contributed by atoms with E-state index in [2.05, 4.69) is 213 Å². The van der Waals surface area contributed by atoms with E-state index in [-0.39, 0.29) is 0 Å². The zero-order valence-corrected chi connectivity index (χ0v) is 39.0. The summed E-state index contributed by atoms with van der Waals surface area (Å²) in [5.41, 5.74) is 17.8. The summed E-state index contributed by atoms with van der Waals surface area (Å²) in [6, 6.07) is 77.9. The van der Waals surface area contributed by atoms with Crippen LogP contribution in [0.3, 0.4) is 0 Å². The predicted molar refractivity (Wildman–Crippen MR) is 294 cm³/mol. The molecular formula is C66H38N6O. The Morgan fingerprint density at radius 2 is 0.904 bits per heavy atom. The molecule has 1 spiro atoms. The van der Waals surface area contributed by atoms with Crippen LogP contribution in [0.1, 0.15) is 22.3 Å². The summed E-state index contributed by atoms with van der Waals surface area (Å²) in [6.45, 7) is 7.75. The van der Waals surface area contributed by atoms with Crippen molar-refractivity contribution in [1.29, 1.82) is 0 Å². The van der Waals surface area contributed by atoms with Gasteiger partial charge in [-0.1, -0.05) is 121 Å². The van der Waals surface area contributed by atoms with E-state index in [0.717, 1.165) is 106 Å². The van der Waals surface area contributed by atoms with Crippen molar-refractivity contribution in [2.75, 3.05) is 0 Å². The standard InChI is InChI=1S/C66H38N6O/c1-67-42-28-32-61-51(36-42)49-19-5-10-25-59(49)72(61)45-29-30-53-63(38-45)73-62-26-11-6-20-52(62)66(53)54-21-13-33-68-64(54)65-55(66)35-41(39-69-65)40-27-31-60-50(34-40)48-18-4-9-24-58(48)71(60)44-15-12-14-43(37-44)70-56-22-7-2-16-46(56)47-17-3-8-23-57(47)70/h2-39H. The van der Waals surface area contributed by atoms with Crippen LogP contribution in [0.5, 0.6) is 11.5 Å². The fraction of sp³-hybridized carbons (Fsp3) is 0.0152. The highest BCUT2D eigenvalue weighted by molar-refractivity contribution is 6.12. The second-order valence-corrected chi connectivity index (χ2v) is 19.2. The summed E-state index contributed by atoms with van der Waals surface area (Å²) in [6.07, 6.45) is 3.89. The van der Waals surface area contributed by atoms with E-state index < -0.39 is 5.41 Å². The van der Waals surface area contributed by atoms with Gasteiger partial charge in [0.15, 0.2) is 5.69 Å². The number of aromatic nitrogens is 5. The van der Waals surface area contributed by atoms with Gasteiger partial charge in [0.05, 0.1) is 56.5 Å². The molecule has 1 aliphatic carbocycles. The van der Waals surface area contributed by atoms with Gasteiger partial charge in [-0.25, -0.2) is 4.85 Å². The molecule has 338 valence electrons. The van der Waals surface area contributed by atoms with Crippen molar-refractivity contribution in [3.05, 3.63) is 264 Å². The van der Waals surface area contributed by atoms with Crippen LogP contribution in [0, 0.1) is 6.57 Å². The van der Waals surface area contributed by atoms with E-state index in [9.17, 15) is 0 Å². The number of nitrogens with zero attached hydrogens (tertiary/aromatic N) is 6. The van der Waals surface area contributed by atoms with Gasteiger partial charge in [0, 0.05) is 84.7 Å². The Balaban J connectivity index is 0.873. The minimum atomic E-state index is -0.780. The van der Waals surface area contributed by atoms with Crippen molar-refractivity contribution >= 4 is 71.1 Å². The van der Waals surface area contributed by atoms with E-state index in [0.29, 0.717) is 5.69 Å². The first-order chi connectivity index (χ1) is 36.2. The molecule has 0 radical (unpaired) electrons. The number of benzene rings is 9. The monoisotopic (exact) mass is 930 g/mol. The highest BCUT2D eigenvalue weighted by Gasteiger charge is 2.52. The highest BCUT2D eigenvalue weighted by Crippen LogP contribution is 2.62. The molecule has 1 unspecified atom stereocenters. The first kappa shape index (κ1) is 39.8. The first-order valence-corrected chi connectivity index (χ1v) is 24.6. The van der Waals surface area contributed by atoms with Crippen molar-refractivity contribution in [2.45, 2.75) is 5.41 Å². The Kier molecular flexibility index (Phi) is 8.04. The number of ether oxygens (including phenoxy) is 1. The number of hydrogen-bond donors (Lipinski definition) is 0. The molecular weight excluding hydrogens is 893 g/mol. The van der Waals surface area contributed by atoms with Gasteiger partial charge in [0.2, 0.25) is 0 Å². The minimum absolute atomic E-state index is 0.618. The first-order valence-electron chi connectivity index (χ1n) is 24.6. The van der Waals surface area contributed by atoms with E-state index in [1.165, 1.54) is 32.6 Å². The van der Waals surface area contributed by atoms with Crippen LogP contribution in [-0.2, 0) is 5.41 Å². The molecule has 1 aliphatic heterocycles. The molecule has 16 rings (SSSR count). The summed E-state index contributed by atoms with van der Waals surface area (Å²) in [7, 11) is 0. The van der Waals surface area contributed by atoms with Gasteiger partial charge >= 0.3 is 0 Å². The van der Waals surface area contributed by atoms with E-state index in [4.69, 9.17) is 21.3 Å². The SMILES string of the molecule is [C-]#[N+]c1ccc2c(c1)c1ccccc1n2-c1ccc2c(c1)Oc1ccccc1C21c2cccnc2-c2ncc(-c3ccc4c(c3)c3ccccc3n4-c3cccc(-n4c5ccccc5c5ccccc54)c3)cc21. The van der Waals surface area contributed by atoms with Crippen molar-refractivity contribution in [2.24, 2.45) is 0 Å². The average Bonchev–Trinajstić information content (AvgIpc) is 4.17. The number of hydrogen-bond acceptors (Lipinski definition) is 3. The maximum Gasteiger partial charge on any atom is 0.188 e. The molecule has 0 amide bonds. The summed E-state index contributed by atoms with van der Waals surface area (Å²) >= 11 is 0. The molecule has 0 saturated carbocycles. The minimum Gasteiger partial charge on any atom is -0.457 e. The van der Waals surface area contributed by atoms with Crippen LogP contribution in [0.15, 0.2) is 231 Å². The van der Waals surface area contributed by atoms with Crippen LogP contribution in [0.2, 0.25) is 0 Å². The van der Waals surface area contributed by atoms with E-state index in [1.807, 2.05) is 36.7 Å². The third kappa shape index (κ3) is 5.36. The number of fused-ring (bicyclic) bond motifs is 18. The molecule has 7 heteroatoms. The lowest BCUT2D eigenvalue weighted by molar-refractivity contribution is 0.436. The molecule has 0 bridgehead atoms. The molecule has 73 heavy (non-hydrogen) atoms. The molecule has 0 fully saturated rings. The van der Waals surface area contributed by atoms with Crippen molar-refractivity contribution < 1.29 is 4.74 Å².